The SMILES string of the molecule is C=C1CCOc2cc(C(=O)N3CCC(F)(F)CC3)cnc21. The molecule has 2 aliphatic rings. The van der Waals surface area contributed by atoms with Crippen molar-refractivity contribution in [3.05, 3.63) is 30.1 Å². The van der Waals surface area contributed by atoms with Crippen LogP contribution >= 0.6 is 0 Å². The van der Waals surface area contributed by atoms with E-state index in [1.807, 2.05) is 0 Å². The Morgan fingerprint density at radius 2 is 2.10 bits per heavy atom. The Labute approximate surface area is 121 Å². The number of hydrogen-bond acceptors (Lipinski definition) is 3. The number of ether oxygens (including phenoxy) is 1. The van der Waals surface area contributed by atoms with Gasteiger partial charge in [0.1, 0.15) is 11.4 Å². The second kappa shape index (κ2) is 5.09. The van der Waals surface area contributed by atoms with Crippen LogP contribution in [-0.4, -0.2) is 41.4 Å². The molecule has 112 valence electrons. The van der Waals surface area contributed by atoms with E-state index >= 15 is 0 Å². The summed E-state index contributed by atoms with van der Waals surface area (Å²) in [5.74, 6) is -2.40. The largest absolute Gasteiger partial charge is 0.491 e. The van der Waals surface area contributed by atoms with Crippen LogP contribution in [-0.2, 0) is 0 Å². The lowest BCUT2D eigenvalue weighted by Crippen LogP contribution is -2.42. The summed E-state index contributed by atoms with van der Waals surface area (Å²) in [5, 5.41) is 0. The number of halogens is 2. The zero-order valence-corrected chi connectivity index (χ0v) is 11.6. The number of likely N-dealkylation sites (tertiary alicyclic amines) is 1. The van der Waals surface area contributed by atoms with Crippen molar-refractivity contribution in [3.63, 3.8) is 0 Å². The first kappa shape index (κ1) is 14.0. The van der Waals surface area contributed by atoms with E-state index in [0.717, 1.165) is 5.57 Å². The lowest BCUT2D eigenvalue weighted by atomic mass is 10.0. The molecule has 6 heteroatoms. The van der Waals surface area contributed by atoms with Crippen LogP contribution in [0.3, 0.4) is 0 Å². The third-order valence-electron chi connectivity index (χ3n) is 3.88. The average Bonchev–Trinajstić information content (AvgIpc) is 2.46. The number of aromatic nitrogens is 1. The topological polar surface area (TPSA) is 42.4 Å². The van der Waals surface area contributed by atoms with Crippen molar-refractivity contribution in [3.8, 4) is 5.75 Å². The highest BCUT2D eigenvalue weighted by Crippen LogP contribution is 2.32. The molecule has 0 atom stereocenters. The van der Waals surface area contributed by atoms with E-state index in [9.17, 15) is 13.6 Å². The van der Waals surface area contributed by atoms with Crippen LogP contribution in [0.2, 0.25) is 0 Å². The minimum atomic E-state index is -2.66. The Kier molecular flexibility index (Phi) is 3.39. The number of carbonyl (C=O) groups excluding carboxylic acids is 1. The molecule has 0 spiro atoms. The van der Waals surface area contributed by atoms with Gasteiger partial charge in [0.05, 0.1) is 12.2 Å². The van der Waals surface area contributed by atoms with Gasteiger partial charge in [-0.2, -0.15) is 0 Å². The highest BCUT2D eigenvalue weighted by atomic mass is 19.3. The third-order valence-corrected chi connectivity index (χ3v) is 3.88. The molecule has 21 heavy (non-hydrogen) atoms. The number of fused-ring (bicyclic) bond motifs is 1. The normalized spacial score (nSPS) is 20.7. The van der Waals surface area contributed by atoms with Gasteiger partial charge in [-0.1, -0.05) is 6.58 Å². The second-order valence-corrected chi connectivity index (χ2v) is 5.42. The maximum absolute atomic E-state index is 13.1. The first-order chi connectivity index (χ1) is 9.96. The van der Waals surface area contributed by atoms with Gasteiger partial charge in [-0.05, 0) is 11.6 Å². The predicted octanol–water partition coefficient (Wildman–Crippen LogP) is 2.75. The molecule has 0 radical (unpaired) electrons. The Hall–Kier alpha value is -1.98. The molecule has 1 fully saturated rings. The lowest BCUT2D eigenvalue weighted by Gasteiger charge is -2.32. The summed E-state index contributed by atoms with van der Waals surface area (Å²) in [5.41, 5.74) is 1.92. The van der Waals surface area contributed by atoms with Gasteiger partial charge in [-0.3, -0.25) is 9.78 Å². The quantitative estimate of drug-likeness (QED) is 0.800. The fourth-order valence-electron chi connectivity index (χ4n) is 2.56. The van der Waals surface area contributed by atoms with E-state index in [1.165, 1.54) is 11.1 Å². The Bertz CT molecular complexity index is 591. The van der Waals surface area contributed by atoms with E-state index < -0.39 is 5.92 Å². The van der Waals surface area contributed by atoms with Crippen LogP contribution in [0.1, 0.15) is 35.3 Å². The van der Waals surface area contributed by atoms with Crippen molar-refractivity contribution in [2.75, 3.05) is 19.7 Å². The van der Waals surface area contributed by atoms with E-state index in [1.54, 1.807) is 6.07 Å². The average molecular weight is 294 g/mol. The molecule has 3 rings (SSSR count). The zero-order chi connectivity index (χ0) is 15.0. The molecule has 1 saturated heterocycles. The number of alkyl halides is 2. The predicted molar refractivity (Wildman–Crippen MR) is 73.5 cm³/mol. The first-order valence-electron chi connectivity index (χ1n) is 6.94. The van der Waals surface area contributed by atoms with Gasteiger partial charge in [0, 0.05) is 38.5 Å². The van der Waals surface area contributed by atoms with Gasteiger partial charge in [-0.15, -0.1) is 0 Å². The maximum Gasteiger partial charge on any atom is 0.255 e. The molecule has 1 aromatic rings. The molecule has 0 saturated carbocycles. The number of amides is 1. The molecule has 3 heterocycles. The molecule has 1 amide bonds. The highest BCUT2D eigenvalue weighted by molar-refractivity contribution is 5.94. The maximum atomic E-state index is 13.1. The lowest BCUT2D eigenvalue weighted by molar-refractivity contribution is -0.0494. The van der Waals surface area contributed by atoms with Crippen molar-refractivity contribution in [1.82, 2.24) is 9.88 Å². The van der Waals surface area contributed by atoms with E-state index in [4.69, 9.17) is 4.74 Å². The summed E-state index contributed by atoms with van der Waals surface area (Å²) < 4.78 is 31.8. The highest BCUT2D eigenvalue weighted by Gasteiger charge is 2.36. The number of pyridine rings is 1. The van der Waals surface area contributed by atoms with Crippen LogP contribution in [0, 0.1) is 0 Å². The fourth-order valence-corrected chi connectivity index (χ4v) is 2.56. The first-order valence-corrected chi connectivity index (χ1v) is 6.94. The minimum absolute atomic E-state index is 0.0660. The van der Waals surface area contributed by atoms with E-state index in [0.29, 0.717) is 30.0 Å². The fraction of sp³-hybridized carbons (Fsp3) is 0.467. The van der Waals surface area contributed by atoms with Crippen LogP contribution in [0.4, 0.5) is 8.78 Å². The monoisotopic (exact) mass is 294 g/mol. The van der Waals surface area contributed by atoms with Gasteiger partial charge in [0.25, 0.3) is 11.8 Å². The van der Waals surface area contributed by atoms with Gasteiger partial charge in [0.15, 0.2) is 0 Å². The van der Waals surface area contributed by atoms with Crippen LogP contribution in [0.25, 0.3) is 5.57 Å². The summed E-state index contributed by atoms with van der Waals surface area (Å²) in [6.45, 7) is 4.56. The number of carbonyl (C=O) groups is 1. The summed E-state index contributed by atoms with van der Waals surface area (Å²) in [4.78, 5) is 18.0. The molecule has 0 unspecified atom stereocenters. The van der Waals surface area contributed by atoms with Crippen molar-refractivity contribution in [2.24, 2.45) is 0 Å². The molecule has 0 N–H and O–H groups in total. The third kappa shape index (κ3) is 2.75. The molecule has 4 nitrogen and oxygen atoms in total. The summed E-state index contributed by atoms with van der Waals surface area (Å²) in [6, 6.07) is 1.63. The van der Waals surface area contributed by atoms with Gasteiger partial charge in [0.2, 0.25) is 0 Å². The second-order valence-electron chi connectivity index (χ2n) is 5.42. The Morgan fingerprint density at radius 1 is 1.38 bits per heavy atom. The molecule has 1 aromatic heterocycles. The minimum Gasteiger partial charge on any atom is -0.491 e. The summed E-state index contributed by atoms with van der Waals surface area (Å²) in [7, 11) is 0. The van der Waals surface area contributed by atoms with Gasteiger partial charge >= 0.3 is 0 Å². The number of rotatable bonds is 1. The number of piperidine rings is 1. The smallest absolute Gasteiger partial charge is 0.255 e. The van der Waals surface area contributed by atoms with Crippen LogP contribution < -0.4 is 4.74 Å². The van der Waals surface area contributed by atoms with E-state index in [-0.39, 0.29) is 31.8 Å². The van der Waals surface area contributed by atoms with Crippen molar-refractivity contribution in [1.29, 1.82) is 0 Å². The molecular weight excluding hydrogens is 278 g/mol. The zero-order valence-electron chi connectivity index (χ0n) is 11.6. The van der Waals surface area contributed by atoms with Crippen molar-refractivity contribution >= 4 is 11.5 Å². The number of hydrogen-bond donors (Lipinski definition) is 0. The van der Waals surface area contributed by atoms with Crippen molar-refractivity contribution < 1.29 is 18.3 Å². The Balaban J connectivity index is 1.78. The Morgan fingerprint density at radius 3 is 2.81 bits per heavy atom. The molecule has 0 bridgehead atoms. The van der Waals surface area contributed by atoms with Crippen LogP contribution in [0.15, 0.2) is 18.8 Å². The van der Waals surface area contributed by atoms with Crippen molar-refractivity contribution in [2.45, 2.75) is 25.2 Å². The standard InChI is InChI=1S/C15H16F2N2O2/c1-10-2-7-21-12-8-11(9-18-13(10)12)14(20)19-5-3-15(16,17)4-6-19/h8-9H,1-7H2. The van der Waals surface area contributed by atoms with Gasteiger partial charge < -0.3 is 9.64 Å². The summed E-state index contributed by atoms with van der Waals surface area (Å²) in [6.07, 6.45) is 1.61. The molecule has 0 aliphatic carbocycles. The van der Waals surface area contributed by atoms with Crippen LogP contribution in [0.5, 0.6) is 5.75 Å². The molecule has 0 aromatic carbocycles. The van der Waals surface area contributed by atoms with Gasteiger partial charge in [-0.25, -0.2) is 8.78 Å². The summed E-state index contributed by atoms with van der Waals surface area (Å²) >= 11 is 0. The van der Waals surface area contributed by atoms with E-state index in [2.05, 4.69) is 11.6 Å². The molecular formula is C15H16F2N2O2. The number of nitrogens with zero attached hydrogens (tertiary/aromatic N) is 2. The molecule has 2 aliphatic heterocycles.